The van der Waals surface area contributed by atoms with Crippen LogP contribution in [0.2, 0.25) is 0 Å². The Morgan fingerprint density at radius 1 is 1.32 bits per heavy atom. The Morgan fingerprint density at radius 3 is 3.04 bits per heavy atom. The number of nitrogens with zero attached hydrogens (tertiary/aromatic N) is 3. The first-order valence-electron chi connectivity index (χ1n) is 7.35. The normalized spacial score (nSPS) is 11.2. The summed E-state index contributed by atoms with van der Waals surface area (Å²) < 4.78 is 3.46. The van der Waals surface area contributed by atoms with Crippen LogP contribution in [0.4, 0.5) is 5.69 Å². The summed E-state index contributed by atoms with van der Waals surface area (Å²) in [5, 5.41) is 4.62. The summed E-state index contributed by atoms with van der Waals surface area (Å²) in [6, 6.07) is 7.21. The van der Waals surface area contributed by atoms with E-state index in [1.165, 1.54) is 18.3 Å². The molecule has 6 nitrogen and oxygen atoms in total. The number of rotatable bonds is 4. The second-order valence-electron chi connectivity index (χ2n) is 5.27. The van der Waals surface area contributed by atoms with E-state index in [0.29, 0.717) is 10.7 Å². The quantitative estimate of drug-likeness (QED) is 0.541. The molecule has 0 aliphatic carbocycles. The Hall–Kier alpha value is -2.23. The summed E-state index contributed by atoms with van der Waals surface area (Å²) in [6.07, 6.45) is 1.73. The molecule has 3 aromatic heterocycles. The van der Waals surface area contributed by atoms with Gasteiger partial charge in [-0.05, 0) is 18.2 Å². The Bertz CT molecular complexity index is 1150. The fourth-order valence-electron chi connectivity index (χ4n) is 2.34. The lowest BCUT2D eigenvalue weighted by Crippen LogP contribution is -2.12. The Balaban J connectivity index is 1.55. The summed E-state index contributed by atoms with van der Waals surface area (Å²) in [7, 11) is 0. The summed E-state index contributed by atoms with van der Waals surface area (Å²) >= 11 is 4.55. The van der Waals surface area contributed by atoms with Crippen LogP contribution in [-0.4, -0.2) is 20.3 Å². The minimum atomic E-state index is -0.0974. The summed E-state index contributed by atoms with van der Waals surface area (Å²) in [4.78, 5) is 33.0. The third kappa shape index (κ3) is 3.44. The smallest absolute Gasteiger partial charge is 0.258 e. The first-order valence-corrected chi connectivity index (χ1v) is 10.0. The van der Waals surface area contributed by atoms with E-state index in [2.05, 4.69) is 15.3 Å². The van der Waals surface area contributed by atoms with Crippen LogP contribution in [0.15, 0.2) is 45.0 Å². The van der Waals surface area contributed by atoms with Gasteiger partial charge >= 0.3 is 0 Å². The number of benzene rings is 1. The van der Waals surface area contributed by atoms with Gasteiger partial charge in [-0.25, -0.2) is 9.97 Å². The molecule has 3 heterocycles. The van der Waals surface area contributed by atoms with Crippen LogP contribution in [-0.2, 0) is 10.5 Å². The highest BCUT2D eigenvalue weighted by atomic mass is 32.2. The number of thiazole rings is 2. The molecule has 9 heteroatoms. The standard InChI is InChI=1S/C16H12N4O2S3/c1-9(21)17-10-2-3-12-13(6-10)25-16(19-12)24-8-11-7-14(22)20-4-5-23-15(20)18-11/h2-7H,8H2,1H3,(H,17,21). The molecule has 25 heavy (non-hydrogen) atoms. The molecule has 126 valence electrons. The molecule has 0 bridgehead atoms. The van der Waals surface area contributed by atoms with E-state index in [1.807, 2.05) is 23.6 Å². The molecule has 4 rings (SSSR count). The van der Waals surface area contributed by atoms with Gasteiger partial charge in [0.05, 0.1) is 15.9 Å². The van der Waals surface area contributed by atoms with Crippen molar-refractivity contribution in [1.29, 1.82) is 0 Å². The number of fused-ring (bicyclic) bond motifs is 2. The van der Waals surface area contributed by atoms with Crippen molar-refractivity contribution in [1.82, 2.24) is 14.4 Å². The Morgan fingerprint density at radius 2 is 2.20 bits per heavy atom. The third-order valence-corrected chi connectivity index (χ3v) is 6.34. The number of nitrogens with one attached hydrogen (secondary N) is 1. The molecule has 1 amide bonds. The number of hydrogen-bond donors (Lipinski definition) is 1. The molecule has 0 radical (unpaired) electrons. The topological polar surface area (TPSA) is 76.4 Å². The number of aromatic nitrogens is 3. The minimum Gasteiger partial charge on any atom is -0.326 e. The van der Waals surface area contributed by atoms with Gasteiger partial charge in [0.15, 0.2) is 9.30 Å². The molecule has 0 saturated heterocycles. The van der Waals surface area contributed by atoms with Gasteiger partial charge in [0.2, 0.25) is 5.91 Å². The van der Waals surface area contributed by atoms with Crippen LogP contribution in [0.1, 0.15) is 12.6 Å². The molecule has 0 atom stereocenters. The van der Waals surface area contributed by atoms with Gasteiger partial charge in [0.1, 0.15) is 0 Å². The van der Waals surface area contributed by atoms with E-state index in [9.17, 15) is 9.59 Å². The van der Waals surface area contributed by atoms with Crippen LogP contribution < -0.4 is 10.9 Å². The summed E-state index contributed by atoms with van der Waals surface area (Å²) in [5.41, 5.74) is 2.34. The van der Waals surface area contributed by atoms with E-state index < -0.39 is 0 Å². The molecule has 0 aliphatic heterocycles. The fourth-order valence-corrected chi connectivity index (χ4v) is 5.08. The molecule has 1 aromatic carbocycles. The van der Waals surface area contributed by atoms with E-state index in [0.717, 1.165) is 25.9 Å². The predicted molar refractivity (Wildman–Crippen MR) is 103 cm³/mol. The highest BCUT2D eigenvalue weighted by Gasteiger charge is 2.09. The largest absolute Gasteiger partial charge is 0.326 e. The number of carbonyl (C=O) groups excluding carboxylic acids is 1. The van der Waals surface area contributed by atoms with E-state index in [4.69, 9.17) is 0 Å². The van der Waals surface area contributed by atoms with Gasteiger partial charge in [-0.15, -0.1) is 22.7 Å². The van der Waals surface area contributed by atoms with Crippen molar-refractivity contribution in [3.63, 3.8) is 0 Å². The molecular formula is C16H12N4O2S3. The number of amides is 1. The van der Waals surface area contributed by atoms with Crippen LogP contribution in [0, 0.1) is 0 Å². The minimum absolute atomic E-state index is 0.0638. The fraction of sp³-hybridized carbons (Fsp3) is 0.125. The van der Waals surface area contributed by atoms with Crippen molar-refractivity contribution in [2.75, 3.05) is 5.32 Å². The zero-order valence-corrected chi connectivity index (χ0v) is 15.5. The zero-order valence-electron chi connectivity index (χ0n) is 13.1. The van der Waals surface area contributed by atoms with Crippen molar-refractivity contribution in [2.24, 2.45) is 0 Å². The van der Waals surface area contributed by atoms with Crippen LogP contribution in [0.5, 0.6) is 0 Å². The third-order valence-electron chi connectivity index (χ3n) is 3.39. The number of thioether (sulfide) groups is 1. The van der Waals surface area contributed by atoms with Gasteiger partial charge in [-0.1, -0.05) is 11.8 Å². The van der Waals surface area contributed by atoms with E-state index >= 15 is 0 Å². The second kappa shape index (κ2) is 6.58. The maximum atomic E-state index is 12.0. The van der Waals surface area contributed by atoms with Crippen molar-refractivity contribution < 1.29 is 4.79 Å². The zero-order chi connectivity index (χ0) is 17.4. The van der Waals surface area contributed by atoms with Gasteiger partial charge in [-0.2, -0.15) is 0 Å². The summed E-state index contributed by atoms with van der Waals surface area (Å²) in [6.45, 7) is 1.48. The van der Waals surface area contributed by atoms with Gasteiger partial charge < -0.3 is 5.32 Å². The van der Waals surface area contributed by atoms with Crippen LogP contribution in [0.3, 0.4) is 0 Å². The molecule has 0 unspecified atom stereocenters. The number of hydrogen-bond acceptors (Lipinski definition) is 7. The van der Waals surface area contributed by atoms with Gasteiger partial charge in [-0.3, -0.25) is 14.0 Å². The Kier molecular flexibility index (Phi) is 4.28. The lowest BCUT2D eigenvalue weighted by atomic mass is 10.3. The lowest BCUT2D eigenvalue weighted by Gasteiger charge is -1.99. The molecule has 0 aliphatic rings. The first kappa shape index (κ1) is 16.2. The average molecular weight is 388 g/mol. The maximum Gasteiger partial charge on any atom is 0.258 e. The van der Waals surface area contributed by atoms with Crippen LogP contribution in [0.25, 0.3) is 15.2 Å². The lowest BCUT2D eigenvalue weighted by molar-refractivity contribution is -0.114. The van der Waals surface area contributed by atoms with Crippen molar-refractivity contribution in [3.05, 3.63) is 51.9 Å². The van der Waals surface area contributed by atoms with Crippen LogP contribution >= 0.6 is 34.4 Å². The average Bonchev–Trinajstić information content (AvgIpc) is 3.18. The Labute approximate surface area is 154 Å². The molecule has 0 saturated carbocycles. The van der Waals surface area contributed by atoms with E-state index in [1.54, 1.807) is 39.8 Å². The van der Waals surface area contributed by atoms with Crippen molar-refractivity contribution in [3.8, 4) is 0 Å². The van der Waals surface area contributed by atoms with Gasteiger partial charge in [0, 0.05) is 36.0 Å². The van der Waals surface area contributed by atoms with E-state index in [-0.39, 0.29) is 11.5 Å². The van der Waals surface area contributed by atoms with Gasteiger partial charge in [0.25, 0.3) is 5.56 Å². The second-order valence-corrected chi connectivity index (χ2v) is 8.40. The predicted octanol–water partition coefficient (Wildman–Crippen LogP) is 3.62. The van der Waals surface area contributed by atoms with Crippen molar-refractivity contribution in [2.45, 2.75) is 17.0 Å². The molecule has 1 N–H and O–H groups in total. The number of carbonyl (C=O) groups is 1. The number of anilines is 1. The first-order chi connectivity index (χ1) is 12.1. The summed E-state index contributed by atoms with van der Waals surface area (Å²) in [5.74, 6) is 0.488. The SMILES string of the molecule is CC(=O)Nc1ccc2nc(SCc3cc(=O)n4ccsc4n3)sc2c1. The highest BCUT2D eigenvalue weighted by molar-refractivity contribution is 8.00. The van der Waals surface area contributed by atoms with Crippen molar-refractivity contribution >= 4 is 61.2 Å². The monoisotopic (exact) mass is 388 g/mol. The molecule has 0 fully saturated rings. The molecular weight excluding hydrogens is 376 g/mol. The highest BCUT2D eigenvalue weighted by Crippen LogP contribution is 2.32. The molecule has 0 spiro atoms. The molecule has 4 aromatic rings. The maximum absolute atomic E-state index is 12.0.